The van der Waals surface area contributed by atoms with Crippen molar-refractivity contribution in [3.05, 3.63) is 98.0 Å². The van der Waals surface area contributed by atoms with Crippen molar-refractivity contribution in [1.29, 1.82) is 0 Å². The molecule has 2 aromatic rings. The van der Waals surface area contributed by atoms with Gasteiger partial charge in [0.1, 0.15) is 13.2 Å². The third-order valence-electron chi connectivity index (χ3n) is 3.01. The maximum absolute atomic E-state index is 9.87. The molecule has 0 aliphatic carbocycles. The first-order chi connectivity index (χ1) is 13.8. The van der Waals surface area contributed by atoms with E-state index in [0.29, 0.717) is 26.2 Å². The summed E-state index contributed by atoms with van der Waals surface area (Å²) in [4.78, 5) is 19.7. The summed E-state index contributed by atoms with van der Waals surface area (Å²) in [6, 6.07) is 15.7. The van der Waals surface area contributed by atoms with Crippen LogP contribution in [0.2, 0.25) is 0 Å². The second-order valence-corrected chi connectivity index (χ2v) is 6.80. The predicted octanol–water partition coefficient (Wildman–Crippen LogP) is 7.72. The first-order valence-corrected chi connectivity index (χ1v) is 9.53. The molecule has 0 aromatic heterocycles. The van der Waals surface area contributed by atoms with E-state index in [-0.39, 0.29) is 87.7 Å². The Morgan fingerprint density at radius 1 is 0.794 bits per heavy atom. The Kier molecular flexibility index (Phi) is 55.1. The maximum Gasteiger partial charge on any atom is 0.293 e. The molecule has 2 radical (unpaired) electrons. The molecule has 4 nitrogen and oxygen atoms in total. The maximum atomic E-state index is 9.87. The van der Waals surface area contributed by atoms with Gasteiger partial charge in [0, 0.05) is 65.4 Å². The molecule has 6 heteroatoms. The van der Waals surface area contributed by atoms with Crippen LogP contribution < -0.4 is 0 Å². The fourth-order valence-electron chi connectivity index (χ4n) is 1.71. The Morgan fingerprint density at radius 3 is 1.56 bits per heavy atom. The first-order valence-electron chi connectivity index (χ1n) is 9.53. The monoisotopic (exact) mass is 624 g/mol. The molecule has 192 valence electrons. The summed E-state index contributed by atoms with van der Waals surface area (Å²) in [6.45, 7) is 15.9. The van der Waals surface area contributed by atoms with E-state index in [0.717, 1.165) is 16.7 Å². The molecular weight excluding hydrogens is 578 g/mol. The van der Waals surface area contributed by atoms with Gasteiger partial charge in [-0.2, -0.15) is 34.6 Å². The van der Waals surface area contributed by atoms with Crippen molar-refractivity contribution in [1.82, 2.24) is 0 Å². The van der Waals surface area contributed by atoms with Gasteiger partial charge in [-0.25, -0.2) is 0 Å². The van der Waals surface area contributed by atoms with Gasteiger partial charge in [0.2, 0.25) is 0 Å². The van der Waals surface area contributed by atoms with Gasteiger partial charge in [0.25, 0.3) is 12.9 Å². The van der Waals surface area contributed by atoms with Crippen LogP contribution in [0, 0.1) is 41.0 Å². The van der Waals surface area contributed by atoms with Crippen molar-refractivity contribution in [2.24, 2.45) is 0 Å². The SMILES string of the molecule is C.C[C-](C)C.C[CH-]C.Cc1ccc(COC=O)cc1.Cc1ccccc1COC=O.[CH3-].[CH3-].[Y].[Y]. The van der Waals surface area contributed by atoms with Crippen LogP contribution in [0.15, 0.2) is 48.5 Å². The van der Waals surface area contributed by atoms with Crippen molar-refractivity contribution in [2.75, 3.05) is 0 Å². The summed E-state index contributed by atoms with van der Waals surface area (Å²) >= 11 is 0. The second kappa shape index (κ2) is 37.1. The topological polar surface area (TPSA) is 52.6 Å². The van der Waals surface area contributed by atoms with Crippen molar-refractivity contribution in [3.8, 4) is 0 Å². The van der Waals surface area contributed by atoms with Crippen LogP contribution in [0.25, 0.3) is 0 Å². The number of carbonyl (C=O) groups is 2. The molecule has 0 atom stereocenters. The number of hydrogen-bond acceptors (Lipinski definition) is 4. The Labute approximate surface area is 262 Å². The van der Waals surface area contributed by atoms with Crippen LogP contribution in [0.5, 0.6) is 0 Å². The van der Waals surface area contributed by atoms with E-state index < -0.39 is 0 Å². The van der Waals surface area contributed by atoms with Gasteiger partial charge in [-0.15, -0.1) is 0 Å². The number of ether oxygens (including phenoxy) is 2. The third kappa shape index (κ3) is 36.2. The summed E-state index contributed by atoms with van der Waals surface area (Å²) in [5, 5.41) is 0. The quantitative estimate of drug-likeness (QED) is 0.244. The Balaban J connectivity index is -0.0000000605. The minimum absolute atomic E-state index is 0. The number of aryl methyl sites for hydroxylation is 2. The molecule has 0 unspecified atom stereocenters. The summed E-state index contributed by atoms with van der Waals surface area (Å²) in [5.74, 6) is 1.42. The standard InChI is InChI=1S/2C9H10O2.C4H9.C3H7.CH4.2CH3.2Y/c1-8-2-4-9(5-3-8)6-11-7-10;1-8-4-2-3-5-9(8)6-11-7-10;1-4(2)3;1-3-2;;;;;/h2*2-5,7H,6H2,1H3;1-3H3;3H,1-2H3;1H4;2*1H3;;/q;;2*-1;;2*-1;;. The minimum Gasteiger partial charge on any atom is -0.463 e. The van der Waals surface area contributed by atoms with Gasteiger partial charge < -0.3 is 36.7 Å². The molecule has 34 heavy (non-hydrogen) atoms. The van der Waals surface area contributed by atoms with E-state index in [1.54, 1.807) is 0 Å². The van der Waals surface area contributed by atoms with Gasteiger partial charge in [-0.3, -0.25) is 9.59 Å². The van der Waals surface area contributed by atoms with E-state index in [1.165, 1.54) is 11.5 Å². The molecule has 0 N–H and O–H groups in total. The van der Waals surface area contributed by atoms with Crippen LogP contribution in [0.3, 0.4) is 0 Å². The van der Waals surface area contributed by atoms with E-state index in [1.807, 2.05) is 82.6 Å². The predicted molar refractivity (Wildman–Crippen MR) is 140 cm³/mol. The fraction of sp³-hybridized carbons (Fsp3) is 0.357. The second-order valence-electron chi connectivity index (χ2n) is 6.80. The van der Waals surface area contributed by atoms with Crippen molar-refractivity contribution < 1.29 is 84.5 Å². The van der Waals surface area contributed by atoms with Gasteiger partial charge in [0.05, 0.1) is 0 Å². The molecule has 0 saturated carbocycles. The van der Waals surface area contributed by atoms with Crippen LogP contribution in [-0.4, -0.2) is 12.9 Å². The normalized spacial score (nSPS) is 7.53. The van der Waals surface area contributed by atoms with E-state index in [9.17, 15) is 9.59 Å². The zero-order chi connectivity index (χ0) is 22.5. The van der Waals surface area contributed by atoms with E-state index in [4.69, 9.17) is 0 Å². The first kappa shape index (κ1) is 50.5. The van der Waals surface area contributed by atoms with Gasteiger partial charge in [0.15, 0.2) is 0 Å². The number of hydrogen-bond donors (Lipinski definition) is 0. The van der Waals surface area contributed by atoms with Crippen LogP contribution in [-0.2, 0) is 97.7 Å². The summed E-state index contributed by atoms with van der Waals surface area (Å²) in [5.41, 5.74) is 4.43. The van der Waals surface area contributed by atoms with Crippen molar-refractivity contribution >= 4 is 12.9 Å². The average molecular weight is 624 g/mol. The van der Waals surface area contributed by atoms with Crippen LogP contribution in [0.4, 0.5) is 0 Å². The summed E-state index contributed by atoms with van der Waals surface area (Å²) in [6.07, 6.45) is 2.00. The molecule has 0 aliphatic rings. The minimum atomic E-state index is 0. The number of benzene rings is 2. The van der Waals surface area contributed by atoms with Crippen LogP contribution >= 0.6 is 0 Å². The average Bonchev–Trinajstić information content (AvgIpc) is 2.68. The molecule has 2 rings (SSSR count). The van der Waals surface area contributed by atoms with Gasteiger partial charge in [-0.1, -0.05) is 61.5 Å². The molecular formula is C28H46O4Y2-4. The molecule has 0 heterocycles. The Morgan fingerprint density at radius 2 is 1.18 bits per heavy atom. The fourth-order valence-corrected chi connectivity index (χ4v) is 1.71. The number of rotatable bonds is 6. The summed E-state index contributed by atoms with van der Waals surface area (Å²) < 4.78 is 9.20. The molecule has 0 spiro atoms. The Bertz CT molecular complexity index is 642. The van der Waals surface area contributed by atoms with Crippen molar-refractivity contribution in [2.45, 2.75) is 69.1 Å². The molecule has 0 saturated heterocycles. The Hall–Kier alpha value is -0.412. The molecule has 0 aliphatic heterocycles. The van der Waals surface area contributed by atoms with E-state index in [2.05, 4.69) is 30.2 Å². The smallest absolute Gasteiger partial charge is 0.293 e. The zero-order valence-corrected chi connectivity index (χ0v) is 27.7. The molecule has 2 aromatic carbocycles. The van der Waals surface area contributed by atoms with Gasteiger partial charge in [-0.05, 0) is 30.5 Å². The largest absolute Gasteiger partial charge is 0.463 e. The molecule has 0 fully saturated rings. The molecule has 0 bridgehead atoms. The van der Waals surface area contributed by atoms with Gasteiger partial charge >= 0.3 is 0 Å². The van der Waals surface area contributed by atoms with Crippen molar-refractivity contribution in [3.63, 3.8) is 0 Å². The van der Waals surface area contributed by atoms with Crippen LogP contribution in [0.1, 0.15) is 64.3 Å². The summed E-state index contributed by atoms with van der Waals surface area (Å²) in [7, 11) is 0. The number of carbonyl (C=O) groups excluding carboxylic acids is 2. The van der Waals surface area contributed by atoms with E-state index >= 15 is 0 Å². The third-order valence-corrected chi connectivity index (χ3v) is 3.01. The molecule has 0 amide bonds. The zero-order valence-electron chi connectivity index (χ0n) is 22.1.